The van der Waals surface area contributed by atoms with E-state index < -0.39 is 101 Å². The lowest BCUT2D eigenvalue weighted by Crippen LogP contribution is -2.31. The summed E-state index contributed by atoms with van der Waals surface area (Å²) in [6, 6.07) is 43.4. The second kappa shape index (κ2) is 21.7. The van der Waals surface area contributed by atoms with Crippen LogP contribution < -0.4 is 9.30 Å². The van der Waals surface area contributed by atoms with Crippen LogP contribution in [0, 0.1) is 6.33 Å². The Labute approximate surface area is 532 Å². The van der Waals surface area contributed by atoms with Crippen LogP contribution in [0.1, 0.15) is 123 Å². The van der Waals surface area contributed by atoms with Crippen molar-refractivity contribution in [1.82, 2.24) is 14.1 Å². The molecule has 10 aromatic carbocycles. The molecule has 5 heteroatoms. The summed E-state index contributed by atoms with van der Waals surface area (Å²) in [4.78, 5) is 4.91. The fourth-order valence-corrected chi connectivity index (χ4v) is 11.4. The quantitative estimate of drug-likeness (QED) is 0.101. The predicted molar refractivity (Wildman–Crippen MR) is 364 cm³/mol. The van der Waals surface area contributed by atoms with Crippen molar-refractivity contribution in [3.63, 3.8) is 0 Å². The number of hydrogen-bond donors (Lipinski definition) is 0. The van der Waals surface area contributed by atoms with Crippen molar-refractivity contribution in [2.45, 2.75) is 105 Å². The minimum Gasteiger partial charge on any atom is -0.458 e. The Morgan fingerprint density at radius 1 is 0.414 bits per heavy atom. The summed E-state index contributed by atoms with van der Waals surface area (Å²) in [6.07, 6.45) is 5.63. The molecule has 0 aliphatic carbocycles. The molecule has 430 valence electrons. The lowest BCUT2D eigenvalue weighted by molar-refractivity contribution is -0.571. The van der Waals surface area contributed by atoms with E-state index in [-0.39, 0.29) is 32.8 Å². The van der Waals surface area contributed by atoms with E-state index in [9.17, 15) is 9.60 Å². The summed E-state index contributed by atoms with van der Waals surface area (Å²) < 4.78 is 134. The molecule has 0 aliphatic heterocycles. The van der Waals surface area contributed by atoms with Crippen molar-refractivity contribution in [3.8, 4) is 84.3 Å². The summed E-state index contributed by atoms with van der Waals surface area (Å²) in [5.74, 6) is 1.86. The summed E-state index contributed by atoms with van der Waals surface area (Å²) in [5, 5.41) is 2.10. The number of nitrogens with zero attached hydrogens (tertiary/aromatic N) is 4. The van der Waals surface area contributed by atoms with E-state index in [0.717, 1.165) is 66.6 Å². The molecule has 0 fully saturated rings. The number of rotatable bonds is 10. The zero-order chi connectivity index (χ0) is 71.9. The highest BCUT2D eigenvalue weighted by Gasteiger charge is 2.26. The molecule has 0 spiro atoms. The third-order valence-corrected chi connectivity index (χ3v) is 16.3. The van der Waals surface area contributed by atoms with Crippen LogP contribution in [0.15, 0.2) is 242 Å². The Kier molecular flexibility index (Phi) is 10.8. The molecule has 3 heterocycles. The summed E-state index contributed by atoms with van der Waals surface area (Å²) in [6.45, 7) is 26.1. The van der Waals surface area contributed by atoms with Crippen LogP contribution >= 0.6 is 0 Å². The number of para-hydroxylation sites is 2. The largest absolute Gasteiger partial charge is 0.458 e. The third-order valence-electron chi connectivity index (χ3n) is 16.3. The van der Waals surface area contributed by atoms with Crippen molar-refractivity contribution in [1.29, 1.82) is 0 Å². The van der Waals surface area contributed by atoms with E-state index in [0.29, 0.717) is 39.5 Å². The maximum absolute atomic E-state index is 10.4. The molecule has 3 aromatic heterocycles. The molecule has 0 saturated carbocycles. The zero-order valence-corrected chi connectivity index (χ0v) is 51.3. The van der Waals surface area contributed by atoms with Crippen LogP contribution in [0.3, 0.4) is 0 Å². The van der Waals surface area contributed by atoms with Gasteiger partial charge < -0.3 is 4.74 Å². The molecule has 0 amide bonds. The van der Waals surface area contributed by atoms with E-state index in [2.05, 4.69) is 161 Å². The smallest absolute Gasteiger partial charge is 0.269 e. The Morgan fingerprint density at radius 2 is 0.989 bits per heavy atom. The van der Waals surface area contributed by atoms with Crippen LogP contribution in [0.2, 0.25) is 0 Å². The zero-order valence-electron chi connectivity index (χ0n) is 64.3. The Hall–Kier alpha value is -9.58. The van der Waals surface area contributed by atoms with Gasteiger partial charge in [-0.2, -0.15) is 0 Å². The van der Waals surface area contributed by atoms with Gasteiger partial charge in [-0.3, -0.25) is 13.7 Å². The second-order valence-electron chi connectivity index (χ2n) is 26.6. The first-order valence-electron chi connectivity index (χ1n) is 36.0. The van der Waals surface area contributed by atoms with Crippen molar-refractivity contribution in [2.24, 2.45) is 0 Å². The minimum atomic E-state index is -0.746. The van der Waals surface area contributed by atoms with Gasteiger partial charge in [0.05, 0.1) is 51.3 Å². The van der Waals surface area contributed by atoms with Crippen LogP contribution in [0.25, 0.3) is 106 Å². The molecule has 5 nitrogen and oxygen atoms in total. The standard InChI is InChI=1S/C82H76N4O/c1-79(2,3)62-29-21-28-57(45-62)69-33-23-34-70(61-43-58(54-24-15-13-16-25-54)42-59(44-61)55-26-17-14-18-27-55)78(69)85-53-84(76-48-56(36-39-74(76)85)60-46-64(81(7,8)9)49-65(47-60)82(10,11)12)66-30-22-31-67(51-66)87-68-37-38-72-71-32-19-20-35-73(71)86(75(72)52-68)77-50-63(40-41-83-77)80(4,5)6/h13-52H,1-12H3/i13D,14D,15D,16D,17D,18D,24D,25D,26D,27D,42D,43D,44D. The van der Waals surface area contributed by atoms with E-state index in [1.165, 1.54) is 0 Å². The second-order valence-corrected chi connectivity index (χ2v) is 26.6. The molecule has 0 N–H and O–H groups in total. The molecule has 0 bridgehead atoms. The number of fused-ring (bicyclic) bond motifs is 4. The number of ether oxygens (including phenoxy) is 1. The molecule has 0 radical (unpaired) electrons. The average molecular weight is 1150 g/mol. The van der Waals surface area contributed by atoms with Crippen LogP contribution in [0.5, 0.6) is 11.5 Å². The van der Waals surface area contributed by atoms with E-state index in [1.54, 1.807) is 12.1 Å². The van der Waals surface area contributed by atoms with Gasteiger partial charge in [0.15, 0.2) is 0 Å². The summed E-state index contributed by atoms with van der Waals surface area (Å²) >= 11 is 0. The van der Waals surface area contributed by atoms with E-state index in [4.69, 9.17) is 17.9 Å². The lowest BCUT2D eigenvalue weighted by Gasteiger charge is -2.26. The van der Waals surface area contributed by atoms with E-state index >= 15 is 0 Å². The Balaban J connectivity index is 1.11. The minimum absolute atomic E-state index is 0.129. The van der Waals surface area contributed by atoms with Gasteiger partial charge in [-0.15, -0.1) is 0 Å². The number of imidazole rings is 1. The van der Waals surface area contributed by atoms with Gasteiger partial charge >= 0.3 is 0 Å². The Morgan fingerprint density at radius 3 is 1.66 bits per heavy atom. The molecule has 0 saturated heterocycles. The first kappa shape index (κ1) is 43.1. The monoisotopic (exact) mass is 1150 g/mol. The van der Waals surface area contributed by atoms with Crippen molar-refractivity contribution in [2.75, 3.05) is 0 Å². The topological polar surface area (TPSA) is 35.9 Å². The van der Waals surface area contributed by atoms with Crippen molar-refractivity contribution < 1.29 is 27.1 Å². The maximum Gasteiger partial charge on any atom is 0.269 e. The first-order valence-corrected chi connectivity index (χ1v) is 29.5. The summed E-state index contributed by atoms with van der Waals surface area (Å²) in [7, 11) is 0. The Bertz CT molecular complexity index is 5380. The lowest BCUT2D eigenvalue weighted by atomic mass is 9.79. The number of aromatic nitrogens is 4. The highest BCUT2D eigenvalue weighted by molar-refractivity contribution is 6.09. The number of pyridine rings is 1. The van der Waals surface area contributed by atoms with Crippen molar-refractivity contribution in [3.05, 3.63) is 271 Å². The molecule has 87 heavy (non-hydrogen) atoms. The normalized spacial score (nSPS) is 14.5. The average Bonchev–Trinajstić information content (AvgIpc) is 0.883. The maximum atomic E-state index is 10.4. The fraction of sp³-hybridized carbons (Fsp3) is 0.195. The third kappa shape index (κ3) is 11.1. The highest BCUT2D eigenvalue weighted by Crippen LogP contribution is 2.42. The number of hydrogen-bond acceptors (Lipinski definition) is 2. The molecule has 0 unspecified atom stereocenters. The van der Waals surface area contributed by atoms with Crippen LogP contribution in [0.4, 0.5) is 0 Å². The predicted octanol–water partition coefficient (Wildman–Crippen LogP) is 21.5. The van der Waals surface area contributed by atoms with Gasteiger partial charge in [-0.25, -0.2) is 4.98 Å². The van der Waals surface area contributed by atoms with Gasteiger partial charge in [-0.1, -0.05) is 241 Å². The molecular formula is C82H76N4O. The van der Waals surface area contributed by atoms with Crippen LogP contribution in [-0.4, -0.2) is 14.1 Å². The number of benzene rings is 10. The van der Waals surface area contributed by atoms with Crippen molar-refractivity contribution >= 4 is 32.8 Å². The van der Waals surface area contributed by atoms with E-state index in [1.807, 2.05) is 94.2 Å². The molecule has 0 aliphatic rings. The van der Waals surface area contributed by atoms with Gasteiger partial charge in [0.25, 0.3) is 6.33 Å². The first-order chi connectivity index (χ1) is 47.0. The fourth-order valence-electron chi connectivity index (χ4n) is 11.4. The SMILES string of the molecule is [2H]c1c([2H])c([2H])c(-c2c([2H])c(-c3cccc(-c4cccc(C(C)(C)C)c4)c3-[n+]3[c-]n(-c4cccc(Oc5ccc6c7ccccc7n(-c7cc(C(C)(C)C)ccn7)c6c5)c4)c4cc(-c5cc(C(C)(C)C)cc(C(C)(C)C)c5)ccc43)c([2H])c(-c3c([2H])c([2H])c([2H])c([2H])c3[2H])c2[2H])c([2H])c1[2H]. The molecule has 13 aromatic rings. The molecule has 13 rings (SSSR count). The highest BCUT2D eigenvalue weighted by atomic mass is 16.5. The van der Waals surface area contributed by atoms with Crippen LogP contribution in [-0.2, 0) is 21.7 Å². The van der Waals surface area contributed by atoms with Gasteiger partial charge in [0.2, 0.25) is 0 Å². The molecular weight excluding hydrogens is 1060 g/mol. The molecule has 0 atom stereocenters. The summed E-state index contributed by atoms with van der Waals surface area (Å²) in [5.41, 5.74) is 8.81. The van der Waals surface area contributed by atoms with Gasteiger partial charge in [0, 0.05) is 23.0 Å². The van der Waals surface area contributed by atoms with Gasteiger partial charge in [0.1, 0.15) is 17.3 Å². The van der Waals surface area contributed by atoms with Gasteiger partial charge in [-0.05, 0) is 172 Å².